The van der Waals surface area contributed by atoms with Gasteiger partial charge in [-0.1, -0.05) is 13.8 Å². The molecule has 0 aromatic carbocycles. The van der Waals surface area contributed by atoms with E-state index in [0.29, 0.717) is 17.5 Å². The van der Waals surface area contributed by atoms with Gasteiger partial charge in [-0.2, -0.15) is 0 Å². The van der Waals surface area contributed by atoms with Crippen LogP contribution in [0.3, 0.4) is 0 Å². The van der Waals surface area contributed by atoms with Gasteiger partial charge >= 0.3 is 5.97 Å². The molecule has 0 N–H and O–H groups in total. The minimum Gasteiger partial charge on any atom is -0.466 e. The summed E-state index contributed by atoms with van der Waals surface area (Å²) in [7, 11) is 3.36. The molecule has 0 saturated carbocycles. The average Bonchev–Trinajstić information content (AvgIpc) is 2.14. The van der Waals surface area contributed by atoms with E-state index in [1.807, 2.05) is 18.1 Å². The highest BCUT2D eigenvalue weighted by Gasteiger charge is 2.12. The molecule has 0 radical (unpaired) electrons. The Kier molecular flexibility index (Phi) is 5.28. The fraction of sp³-hybridized carbons (Fsp3) is 0.727. The molecule has 14 heavy (non-hydrogen) atoms. The molecular weight excluding hydrogens is 178 g/mol. The minimum atomic E-state index is -0.271. The maximum absolute atomic E-state index is 11.1. The minimum absolute atomic E-state index is 0.271. The van der Waals surface area contributed by atoms with Crippen LogP contribution in [-0.2, 0) is 9.53 Å². The summed E-state index contributed by atoms with van der Waals surface area (Å²) in [4.78, 5) is 13.2. The highest BCUT2D eigenvalue weighted by Crippen LogP contribution is 2.10. The molecule has 0 aliphatic rings. The zero-order valence-electron chi connectivity index (χ0n) is 10.00. The van der Waals surface area contributed by atoms with Gasteiger partial charge in [-0.25, -0.2) is 4.79 Å². The van der Waals surface area contributed by atoms with Crippen LogP contribution in [0.5, 0.6) is 0 Å². The Hall–Kier alpha value is -0.990. The van der Waals surface area contributed by atoms with E-state index in [-0.39, 0.29) is 5.97 Å². The summed E-state index contributed by atoms with van der Waals surface area (Å²) < 4.78 is 4.62. The first-order valence-corrected chi connectivity index (χ1v) is 4.88. The molecule has 1 unspecified atom stereocenters. The number of methoxy groups -OCH3 is 1. The molecular formula is C11H21NO2. The number of rotatable bonds is 4. The lowest BCUT2D eigenvalue weighted by atomic mass is 10.1. The van der Waals surface area contributed by atoms with E-state index in [0.717, 1.165) is 0 Å². The van der Waals surface area contributed by atoms with Crippen LogP contribution < -0.4 is 0 Å². The molecule has 0 bridgehead atoms. The third-order valence-corrected chi connectivity index (χ3v) is 2.51. The standard InChI is InChI=1S/C11H21NO2/c1-8(2)10(4)12(5)7-9(3)11(13)14-6/h7-8,10H,1-6H3/b9-7+. The Morgan fingerprint density at radius 2 is 1.86 bits per heavy atom. The predicted octanol–water partition coefficient (Wildman–Crippen LogP) is 2.04. The summed E-state index contributed by atoms with van der Waals surface area (Å²) >= 11 is 0. The molecule has 3 nitrogen and oxygen atoms in total. The summed E-state index contributed by atoms with van der Waals surface area (Å²) in [5, 5.41) is 0. The lowest BCUT2D eigenvalue weighted by molar-refractivity contribution is -0.136. The summed E-state index contributed by atoms with van der Waals surface area (Å²) in [6.07, 6.45) is 1.83. The number of hydrogen-bond acceptors (Lipinski definition) is 3. The first-order chi connectivity index (χ1) is 6.40. The highest BCUT2D eigenvalue weighted by molar-refractivity contribution is 5.87. The topological polar surface area (TPSA) is 29.5 Å². The first-order valence-electron chi connectivity index (χ1n) is 4.88. The van der Waals surface area contributed by atoms with Crippen LogP contribution in [0.25, 0.3) is 0 Å². The molecule has 0 saturated heterocycles. The van der Waals surface area contributed by atoms with Gasteiger partial charge in [0.15, 0.2) is 0 Å². The number of ether oxygens (including phenoxy) is 1. The van der Waals surface area contributed by atoms with Crippen molar-refractivity contribution in [2.24, 2.45) is 5.92 Å². The Morgan fingerprint density at radius 3 is 2.21 bits per heavy atom. The van der Waals surface area contributed by atoms with E-state index in [2.05, 4.69) is 25.5 Å². The second-order valence-electron chi connectivity index (χ2n) is 3.95. The molecule has 1 atom stereocenters. The van der Waals surface area contributed by atoms with Crippen LogP contribution >= 0.6 is 0 Å². The van der Waals surface area contributed by atoms with Crippen molar-refractivity contribution < 1.29 is 9.53 Å². The molecule has 0 rings (SSSR count). The highest BCUT2D eigenvalue weighted by atomic mass is 16.5. The van der Waals surface area contributed by atoms with Crippen LogP contribution in [-0.4, -0.2) is 31.1 Å². The Balaban J connectivity index is 4.42. The van der Waals surface area contributed by atoms with Crippen LogP contribution in [0.15, 0.2) is 11.8 Å². The van der Waals surface area contributed by atoms with E-state index in [9.17, 15) is 4.79 Å². The van der Waals surface area contributed by atoms with Crippen LogP contribution in [0.4, 0.5) is 0 Å². The number of carbonyl (C=O) groups excluding carboxylic acids is 1. The van der Waals surface area contributed by atoms with Crippen molar-refractivity contribution in [2.75, 3.05) is 14.2 Å². The molecule has 0 spiro atoms. The quantitative estimate of drug-likeness (QED) is 0.512. The number of carbonyl (C=O) groups is 1. The lowest BCUT2D eigenvalue weighted by Crippen LogP contribution is -2.29. The third-order valence-electron chi connectivity index (χ3n) is 2.51. The fourth-order valence-corrected chi connectivity index (χ4v) is 1.11. The summed E-state index contributed by atoms with van der Waals surface area (Å²) in [6.45, 7) is 8.20. The van der Waals surface area contributed by atoms with Crippen molar-refractivity contribution in [3.8, 4) is 0 Å². The molecule has 0 fully saturated rings. The molecule has 0 aromatic heterocycles. The Labute approximate surface area is 86.7 Å². The summed E-state index contributed by atoms with van der Waals surface area (Å²) in [5.74, 6) is 0.287. The zero-order chi connectivity index (χ0) is 11.3. The van der Waals surface area contributed by atoms with Crippen LogP contribution in [0, 0.1) is 5.92 Å². The molecule has 0 aliphatic carbocycles. The average molecular weight is 199 g/mol. The van der Waals surface area contributed by atoms with Gasteiger partial charge in [0.2, 0.25) is 0 Å². The SMILES string of the molecule is COC(=O)/C(C)=C/N(C)C(C)C(C)C. The van der Waals surface area contributed by atoms with Gasteiger partial charge in [-0.05, 0) is 19.8 Å². The lowest BCUT2D eigenvalue weighted by Gasteiger charge is -2.26. The van der Waals surface area contributed by atoms with Gasteiger partial charge in [-0.15, -0.1) is 0 Å². The first kappa shape index (κ1) is 13.0. The molecule has 82 valence electrons. The van der Waals surface area contributed by atoms with Crippen molar-refractivity contribution in [2.45, 2.75) is 33.7 Å². The van der Waals surface area contributed by atoms with Gasteiger partial charge < -0.3 is 9.64 Å². The second-order valence-corrected chi connectivity index (χ2v) is 3.95. The van der Waals surface area contributed by atoms with E-state index >= 15 is 0 Å². The van der Waals surface area contributed by atoms with Gasteiger partial charge in [0.05, 0.1) is 7.11 Å². The number of esters is 1. The normalized spacial score (nSPS) is 14.1. The summed E-state index contributed by atoms with van der Waals surface area (Å²) in [6, 6.07) is 0.412. The van der Waals surface area contributed by atoms with Crippen molar-refractivity contribution >= 4 is 5.97 Å². The Bertz CT molecular complexity index is 221. The fourth-order valence-electron chi connectivity index (χ4n) is 1.11. The van der Waals surface area contributed by atoms with Gasteiger partial charge in [0.25, 0.3) is 0 Å². The van der Waals surface area contributed by atoms with Crippen molar-refractivity contribution in [1.82, 2.24) is 4.90 Å². The smallest absolute Gasteiger partial charge is 0.334 e. The maximum Gasteiger partial charge on any atom is 0.334 e. The Morgan fingerprint density at radius 1 is 1.36 bits per heavy atom. The van der Waals surface area contributed by atoms with E-state index < -0.39 is 0 Å². The van der Waals surface area contributed by atoms with Crippen LogP contribution in [0.1, 0.15) is 27.7 Å². The molecule has 0 aromatic rings. The molecule has 3 heteroatoms. The van der Waals surface area contributed by atoms with Crippen molar-refractivity contribution in [3.05, 3.63) is 11.8 Å². The van der Waals surface area contributed by atoms with Gasteiger partial charge in [-0.3, -0.25) is 0 Å². The van der Waals surface area contributed by atoms with E-state index in [1.165, 1.54) is 7.11 Å². The van der Waals surface area contributed by atoms with Gasteiger partial charge in [0.1, 0.15) is 0 Å². The predicted molar refractivity (Wildman–Crippen MR) is 57.8 cm³/mol. The largest absolute Gasteiger partial charge is 0.466 e. The molecule has 0 heterocycles. The molecule has 0 aliphatic heterocycles. The molecule has 0 amide bonds. The van der Waals surface area contributed by atoms with Crippen molar-refractivity contribution in [1.29, 1.82) is 0 Å². The summed E-state index contributed by atoms with van der Waals surface area (Å²) in [5.41, 5.74) is 0.627. The number of nitrogens with zero attached hydrogens (tertiary/aromatic N) is 1. The van der Waals surface area contributed by atoms with Crippen molar-refractivity contribution in [3.63, 3.8) is 0 Å². The number of hydrogen-bond donors (Lipinski definition) is 0. The maximum atomic E-state index is 11.1. The van der Waals surface area contributed by atoms with E-state index in [1.54, 1.807) is 6.92 Å². The third kappa shape index (κ3) is 3.81. The van der Waals surface area contributed by atoms with E-state index in [4.69, 9.17) is 0 Å². The van der Waals surface area contributed by atoms with Crippen LogP contribution in [0.2, 0.25) is 0 Å². The monoisotopic (exact) mass is 199 g/mol. The zero-order valence-corrected chi connectivity index (χ0v) is 10.00. The van der Waals surface area contributed by atoms with Gasteiger partial charge in [0, 0.05) is 24.9 Å². The second kappa shape index (κ2) is 5.68.